The Balaban J connectivity index is 2.04. The molecule has 0 radical (unpaired) electrons. The summed E-state index contributed by atoms with van der Waals surface area (Å²) in [5.41, 5.74) is 0.716. The second-order valence-corrected chi connectivity index (χ2v) is 4.82. The molecule has 3 rings (SSSR count). The highest BCUT2D eigenvalue weighted by molar-refractivity contribution is 5.97. The molecule has 0 saturated carbocycles. The summed E-state index contributed by atoms with van der Waals surface area (Å²) in [6.45, 7) is 0.732. The van der Waals surface area contributed by atoms with Crippen molar-refractivity contribution in [1.82, 2.24) is 0 Å². The van der Waals surface area contributed by atoms with Crippen molar-refractivity contribution in [3.63, 3.8) is 0 Å². The standard InChI is InChI=1S/C12H13N3O5/c16-7-1-2-14(5-7)9-3-8-11(4-10(9)15(18)19)20-6-12(17)13-8/h3-4,7,16H,1-2,5-6H2,(H,13,17)/t7-/m1/s1. The van der Waals surface area contributed by atoms with Gasteiger partial charge in [-0.3, -0.25) is 14.9 Å². The van der Waals surface area contributed by atoms with Crippen LogP contribution in [0.15, 0.2) is 12.1 Å². The Labute approximate surface area is 114 Å². The quantitative estimate of drug-likeness (QED) is 0.603. The molecule has 2 heterocycles. The Kier molecular flexibility index (Phi) is 2.94. The number of nitro benzene ring substituents is 1. The molecule has 0 aliphatic carbocycles. The molecule has 1 saturated heterocycles. The molecular weight excluding hydrogens is 266 g/mol. The Morgan fingerprint density at radius 1 is 1.50 bits per heavy atom. The number of carbonyl (C=O) groups is 1. The van der Waals surface area contributed by atoms with Crippen LogP contribution in [-0.2, 0) is 4.79 Å². The van der Waals surface area contributed by atoms with Gasteiger partial charge in [0.05, 0.1) is 22.8 Å². The number of anilines is 2. The first-order valence-corrected chi connectivity index (χ1v) is 6.22. The largest absolute Gasteiger partial charge is 0.481 e. The molecule has 1 atom stereocenters. The van der Waals surface area contributed by atoms with Crippen molar-refractivity contribution in [2.75, 3.05) is 29.9 Å². The van der Waals surface area contributed by atoms with Crippen LogP contribution < -0.4 is 15.0 Å². The minimum atomic E-state index is -0.489. The molecule has 1 fully saturated rings. The molecule has 20 heavy (non-hydrogen) atoms. The smallest absolute Gasteiger partial charge is 0.296 e. The number of nitrogens with zero attached hydrogens (tertiary/aromatic N) is 2. The van der Waals surface area contributed by atoms with Gasteiger partial charge in [0.15, 0.2) is 12.4 Å². The van der Waals surface area contributed by atoms with Crippen LogP contribution in [-0.4, -0.2) is 41.7 Å². The van der Waals surface area contributed by atoms with Crippen LogP contribution in [0.5, 0.6) is 5.75 Å². The van der Waals surface area contributed by atoms with Gasteiger partial charge in [-0.1, -0.05) is 0 Å². The number of aliphatic hydroxyl groups is 1. The SMILES string of the molecule is O=C1COc2cc([N+](=O)[O-])c(N3CC[C@@H](O)C3)cc2N1. The van der Waals surface area contributed by atoms with Gasteiger partial charge in [0.25, 0.3) is 11.6 Å². The van der Waals surface area contributed by atoms with Gasteiger partial charge in [-0.2, -0.15) is 0 Å². The highest BCUT2D eigenvalue weighted by Gasteiger charge is 2.30. The minimum Gasteiger partial charge on any atom is -0.481 e. The fourth-order valence-electron chi connectivity index (χ4n) is 2.46. The van der Waals surface area contributed by atoms with E-state index in [-0.39, 0.29) is 18.2 Å². The molecule has 8 nitrogen and oxygen atoms in total. The molecule has 0 aromatic heterocycles. The first kappa shape index (κ1) is 12.7. The molecule has 1 aromatic carbocycles. The maximum Gasteiger partial charge on any atom is 0.296 e. The van der Waals surface area contributed by atoms with Gasteiger partial charge in [0.1, 0.15) is 5.69 Å². The van der Waals surface area contributed by atoms with Gasteiger partial charge < -0.3 is 20.1 Å². The molecule has 0 spiro atoms. The summed E-state index contributed by atoms with van der Waals surface area (Å²) in [6.07, 6.45) is 0.0772. The van der Waals surface area contributed by atoms with Gasteiger partial charge in [-0.15, -0.1) is 0 Å². The molecule has 0 unspecified atom stereocenters. The highest BCUT2D eigenvalue weighted by Crippen LogP contribution is 2.40. The second-order valence-electron chi connectivity index (χ2n) is 4.82. The monoisotopic (exact) mass is 279 g/mol. The van der Waals surface area contributed by atoms with Crippen molar-refractivity contribution in [3.05, 3.63) is 22.2 Å². The van der Waals surface area contributed by atoms with Crippen molar-refractivity contribution in [2.45, 2.75) is 12.5 Å². The van der Waals surface area contributed by atoms with Crippen LogP contribution >= 0.6 is 0 Å². The minimum absolute atomic E-state index is 0.0889. The predicted octanol–water partition coefficient (Wildman–Crippen LogP) is 0.497. The van der Waals surface area contributed by atoms with E-state index < -0.39 is 11.0 Å². The summed E-state index contributed by atoms with van der Waals surface area (Å²) >= 11 is 0. The summed E-state index contributed by atoms with van der Waals surface area (Å²) in [4.78, 5) is 23.7. The highest BCUT2D eigenvalue weighted by atomic mass is 16.6. The van der Waals surface area contributed by atoms with E-state index in [9.17, 15) is 20.0 Å². The van der Waals surface area contributed by atoms with Crippen molar-refractivity contribution in [2.24, 2.45) is 0 Å². The van der Waals surface area contributed by atoms with E-state index in [0.717, 1.165) is 0 Å². The summed E-state index contributed by atoms with van der Waals surface area (Å²) in [5.74, 6) is -0.00134. The number of nitrogens with one attached hydrogen (secondary N) is 1. The van der Waals surface area contributed by atoms with E-state index in [1.54, 1.807) is 4.90 Å². The topological polar surface area (TPSA) is 105 Å². The number of rotatable bonds is 2. The van der Waals surface area contributed by atoms with Crippen LogP contribution in [0.2, 0.25) is 0 Å². The van der Waals surface area contributed by atoms with E-state index in [4.69, 9.17) is 4.74 Å². The first-order chi connectivity index (χ1) is 9.54. The predicted molar refractivity (Wildman–Crippen MR) is 70.1 cm³/mol. The summed E-state index contributed by atoms with van der Waals surface area (Å²) in [6, 6.07) is 2.84. The number of nitro groups is 1. The van der Waals surface area contributed by atoms with Gasteiger partial charge in [-0.25, -0.2) is 0 Å². The van der Waals surface area contributed by atoms with Crippen LogP contribution in [0.4, 0.5) is 17.1 Å². The zero-order chi connectivity index (χ0) is 14.3. The maximum atomic E-state index is 11.3. The second kappa shape index (κ2) is 4.64. The third-order valence-electron chi connectivity index (χ3n) is 3.41. The summed E-state index contributed by atoms with van der Waals surface area (Å²) in [5, 5.41) is 23.4. The van der Waals surface area contributed by atoms with Crippen LogP contribution in [0.25, 0.3) is 0 Å². The van der Waals surface area contributed by atoms with E-state index in [2.05, 4.69) is 5.32 Å². The van der Waals surface area contributed by atoms with Crippen LogP contribution in [0.1, 0.15) is 6.42 Å². The zero-order valence-corrected chi connectivity index (χ0v) is 10.5. The van der Waals surface area contributed by atoms with E-state index in [1.165, 1.54) is 12.1 Å². The summed E-state index contributed by atoms with van der Waals surface area (Å²) in [7, 11) is 0. The lowest BCUT2D eigenvalue weighted by atomic mass is 10.2. The normalized spacial score (nSPS) is 21.1. The average Bonchev–Trinajstić information content (AvgIpc) is 2.83. The van der Waals surface area contributed by atoms with Gasteiger partial charge in [-0.05, 0) is 12.5 Å². The van der Waals surface area contributed by atoms with Crippen molar-refractivity contribution in [3.8, 4) is 5.75 Å². The van der Waals surface area contributed by atoms with Gasteiger partial charge in [0, 0.05) is 13.1 Å². The molecule has 106 valence electrons. The number of amides is 1. The number of β-amino-alcohol motifs (C(OH)–C–C–N with tert-alkyl or cyclic N) is 1. The first-order valence-electron chi connectivity index (χ1n) is 6.22. The Morgan fingerprint density at radius 3 is 2.95 bits per heavy atom. The number of hydrogen-bond donors (Lipinski definition) is 2. The molecule has 2 aliphatic heterocycles. The molecule has 8 heteroatoms. The number of carbonyl (C=O) groups excluding carboxylic acids is 1. The lowest BCUT2D eigenvalue weighted by Crippen LogP contribution is -2.27. The zero-order valence-electron chi connectivity index (χ0n) is 10.5. The molecule has 2 N–H and O–H groups in total. The van der Waals surface area contributed by atoms with Gasteiger partial charge >= 0.3 is 0 Å². The maximum absolute atomic E-state index is 11.3. The Bertz CT molecular complexity index is 589. The number of benzene rings is 1. The number of hydrogen-bond acceptors (Lipinski definition) is 6. The fourth-order valence-corrected chi connectivity index (χ4v) is 2.46. The molecule has 1 aromatic rings. The third kappa shape index (κ3) is 2.14. The Hall–Kier alpha value is -2.35. The van der Waals surface area contributed by atoms with Crippen LogP contribution in [0, 0.1) is 10.1 Å². The molecular formula is C12H13N3O5. The van der Waals surface area contributed by atoms with Crippen molar-refractivity contribution in [1.29, 1.82) is 0 Å². The van der Waals surface area contributed by atoms with E-state index in [1.807, 2.05) is 0 Å². The molecule has 1 amide bonds. The van der Waals surface area contributed by atoms with Crippen LogP contribution in [0.3, 0.4) is 0 Å². The van der Waals surface area contributed by atoms with E-state index in [0.29, 0.717) is 36.6 Å². The number of fused-ring (bicyclic) bond motifs is 1. The number of ether oxygens (including phenoxy) is 1. The number of aliphatic hydroxyl groups excluding tert-OH is 1. The van der Waals surface area contributed by atoms with E-state index >= 15 is 0 Å². The lowest BCUT2D eigenvalue weighted by Gasteiger charge is -2.22. The Morgan fingerprint density at radius 2 is 2.30 bits per heavy atom. The average molecular weight is 279 g/mol. The fraction of sp³-hybridized carbons (Fsp3) is 0.417. The van der Waals surface area contributed by atoms with Crippen molar-refractivity contribution >= 4 is 23.0 Å². The lowest BCUT2D eigenvalue weighted by molar-refractivity contribution is -0.384. The molecule has 2 aliphatic rings. The third-order valence-corrected chi connectivity index (χ3v) is 3.41. The van der Waals surface area contributed by atoms with Gasteiger partial charge in [0.2, 0.25) is 0 Å². The summed E-state index contributed by atoms with van der Waals surface area (Å²) < 4.78 is 5.18. The van der Waals surface area contributed by atoms with Crippen molar-refractivity contribution < 1.29 is 19.6 Å². The molecule has 0 bridgehead atoms.